The van der Waals surface area contributed by atoms with Crippen molar-refractivity contribution < 1.29 is 4.74 Å². The van der Waals surface area contributed by atoms with Crippen molar-refractivity contribution in [2.75, 3.05) is 12.3 Å². The fourth-order valence-electron chi connectivity index (χ4n) is 2.85. The number of ether oxygens (including phenoxy) is 1. The number of hydrogen-bond donors (Lipinski definition) is 0. The number of rotatable bonds is 3. The number of hydrogen-bond acceptors (Lipinski definition) is 4. The quantitative estimate of drug-likeness (QED) is 0.726. The lowest BCUT2D eigenvalue weighted by Gasteiger charge is -2.30. The normalized spacial score (nSPS) is 16.7. The van der Waals surface area contributed by atoms with Crippen LogP contribution in [-0.2, 0) is 0 Å². The van der Waals surface area contributed by atoms with Gasteiger partial charge in [-0.05, 0) is 60.3 Å². The van der Waals surface area contributed by atoms with Crippen molar-refractivity contribution in [3.63, 3.8) is 0 Å². The smallest absolute Gasteiger partial charge is 0.148 e. The molecule has 0 unspecified atom stereocenters. The molecule has 0 fully saturated rings. The Balaban J connectivity index is 1.60. The van der Waals surface area contributed by atoms with Crippen LogP contribution in [0.1, 0.15) is 12.5 Å². The maximum absolute atomic E-state index is 5.87. The van der Waals surface area contributed by atoms with Crippen LogP contribution >= 0.6 is 11.9 Å². The van der Waals surface area contributed by atoms with Crippen LogP contribution in [0.2, 0.25) is 0 Å². The monoisotopic (exact) mass is 334 g/mol. The molecule has 24 heavy (non-hydrogen) atoms. The highest BCUT2D eigenvalue weighted by Crippen LogP contribution is 2.31. The van der Waals surface area contributed by atoms with Gasteiger partial charge in [-0.25, -0.2) is 0 Å². The van der Waals surface area contributed by atoms with E-state index in [0.29, 0.717) is 0 Å². The first-order valence-electron chi connectivity index (χ1n) is 8.00. The second-order valence-electron chi connectivity index (χ2n) is 5.81. The van der Waals surface area contributed by atoms with Crippen molar-refractivity contribution in [3.8, 4) is 11.5 Å². The fourth-order valence-corrected chi connectivity index (χ4v) is 3.54. The summed E-state index contributed by atoms with van der Waals surface area (Å²) in [6, 6.07) is 18.1. The first-order valence-corrected chi connectivity index (χ1v) is 8.94. The average Bonchev–Trinajstić information content (AvgIpc) is 2.62. The third kappa shape index (κ3) is 3.10. The Bertz CT molecular complexity index is 822. The number of allylic oxidation sites excluding steroid dienone is 2. The van der Waals surface area contributed by atoms with Gasteiger partial charge in [-0.1, -0.05) is 30.3 Å². The number of benzene rings is 2. The zero-order valence-corrected chi connectivity index (χ0v) is 14.3. The van der Waals surface area contributed by atoms with E-state index >= 15 is 0 Å². The number of fused-ring (bicyclic) bond motifs is 1. The molecular weight excluding hydrogens is 316 g/mol. The summed E-state index contributed by atoms with van der Waals surface area (Å²) in [4.78, 5) is 2.25. The van der Waals surface area contributed by atoms with E-state index in [1.165, 1.54) is 11.1 Å². The molecule has 0 spiro atoms. The van der Waals surface area contributed by atoms with Crippen LogP contribution in [0.15, 0.2) is 76.8 Å². The van der Waals surface area contributed by atoms with Gasteiger partial charge in [-0.3, -0.25) is 0 Å². The van der Waals surface area contributed by atoms with Gasteiger partial charge in [0.2, 0.25) is 0 Å². The highest BCUT2D eigenvalue weighted by molar-refractivity contribution is 7.98. The molecule has 0 atom stereocenters. The van der Waals surface area contributed by atoms with E-state index in [-0.39, 0.29) is 0 Å². The minimum atomic E-state index is 0.838. The van der Waals surface area contributed by atoms with Gasteiger partial charge >= 0.3 is 0 Å². The molecule has 4 rings (SSSR count). The molecule has 0 saturated heterocycles. The maximum atomic E-state index is 5.87. The van der Waals surface area contributed by atoms with Crippen molar-refractivity contribution in [1.82, 2.24) is 4.90 Å². The first-order chi connectivity index (χ1) is 11.8. The number of nitrogens with zero attached hydrogens (tertiary/aromatic N) is 2. The van der Waals surface area contributed by atoms with E-state index in [1.54, 1.807) is 11.9 Å². The molecule has 2 aliphatic heterocycles. The van der Waals surface area contributed by atoms with Crippen molar-refractivity contribution in [3.05, 3.63) is 78.0 Å². The van der Waals surface area contributed by atoms with E-state index in [4.69, 9.17) is 4.74 Å². The first kappa shape index (κ1) is 15.1. The van der Waals surface area contributed by atoms with Crippen LogP contribution in [0.25, 0.3) is 5.57 Å². The van der Waals surface area contributed by atoms with Gasteiger partial charge in [-0.15, -0.1) is 0 Å². The Morgan fingerprint density at radius 1 is 1.00 bits per heavy atom. The maximum Gasteiger partial charge on any atom is 0.148 e. The molecule has 2 aliphatic rings. The third-order valence-electron chi connectivity index (χ3n) is 3.96. The largest absolute Gasteiger partial charge is 0.457 e. The molecule has 0 radical (unpaired) electrons. The van der Waals surface area contributed by atoms with Crippen molar-refractivity contribution in [2.45, 2.75) is 6.92 Å². The van der Waals surface area contributed by atoms with E-state index in [1.807, 2.05) is 42.5 Å². The highest BCUT2D eigenvalue weighted by atomic mass is 32.2. The summed E-state index contributed by atoms with van der Waals surface area (Å²) in [7, 11) is 0. The second-order valence-corrected chi connectivity index (χ2v) is 6.66. The predicted octanol–water partition coefficient (Wildman–Crippen LogP) is 5.14. The Morgan fingerprint density at radius 2 is 1.75 bits per heavy atom. The van der Waals surface area contributed by atoms with Gasteiger partial charge in [0.25, 0.3) is 0 Å². The molecule has 0 aliphatic carbocycles. The molecule has 0 saturated carbocycles. The summed E-state index contributed by atoms with van der Waals surface area (Å²) in [5.74, 6) is 3.77. The van der Waals surface area contributed by atoms with Gasteiger partial charge in [0.1, 0.15) is 17.3 Å². The Labute approximate surface area is 146 Å². The molecule has 0 bridgehead atoms. The lowest BCUT2D eigenvalue weighted by molar-refractivity contribution is 0.482. The van der Waals surface area contributed by atoms with Crippen LogP contribution in [0.3, 0.4) is 0 Å². The molecule has 2 aromatic carbocycles. The average molecular weight is 334 g/mol. The summed E-state index contributed by atoms with van der Waals surface area (Å²) in [5, 5.41) is 0. The van der Waals surface area contributed by atoms with Crippen LogP contribution in [-0.4, -0.2) is 23.0 Å². The summed E-state index contributed by atoms with van der Waals surface area (Å²) in [5.41, 5.74) is 3.59. The number of amidine groups is 1. The highest BCUT2D eigenvalue weighted by Gasteiger charge is 2.22. The third-order valence-corrected chi connectivity index (χ3v) is 4.63. The van der Waals surface area contributed by atoms with Gasteiger partial charge in [0.15, 0.2) is 0 Å². The van der Waals surface area contributed by atoms with Crippen molar-refractivity contribution in [1.29, 1.82) is 0 Å². The molecule has 2 heterocycles. The minimum absolute atomic E-state index is 0.838. The molecular formula is C20H18N2OS. The van der Waals surface area contributed by atoms with Crippen LogP contribution in [0.5, 0.6) is 11.5 Å². The summed E-state index contributed by atoms with van der Waals surface area (Å²) < 4.78 is 10.5. The van der Waals surface area contributed by atoms with Gasteiger partial charge in [0, 0.05) is 24.1 Å². The van der Waals surface area contributed by atoms with Gasteiger partial charge in [0.05, 0.1) is 0 Å². The molecule has 3 nitrogen and oxygen atoms in total. The topological polar surface area (TPSA) is 24.8 Å². The Morgan fingerprint density at radius 3 is 2.54 bits per heavy atom. The van der Waals surface area contributed by atoms with Gasteiger partial charge < -0.3 is 9.64 Å². The van der Waals surface area contributed by atoms with E-state index in [0.717, 1.165) is 35.2 Å². The van der Waals surface area contributed by atoms with E-state index in [2.05, 4.69) is 40.6 Å². The van der Waals surface area contributed by atoms with E-state index in [9.17, 15) is 0 Å². The summed E-state index contributed by atoms with van der Waals surface area (Å²) >= 11 is 1.64. The van der Waals surface area contributed by atoms with Crippen LogP contribution in [0, 0.1) is 0 Å². The molecule has 2 aromatic rings. The Kier molecular flexibility index (Phi) is 4.13. The lowest BCUT2D eigenvalue weighted by Crippen LogP contribution is -2.33. The minimum Gasteiger partial charge on any atom is -0.457 e. The molecule has 0 N–H and O–H groups in total. The lowest BCUT2D eigenvalue weighted by atomic mass is 9.99. The van der Waals surface area contributed by atoms with Crippen molar-refractivity contribution >= 4 is 23.4 Å². The number of para-hydroxylation sites is 1. The standard InChI is InChI=1S/C20H18N2OS/c1-15-13-19(20-21-24-12-11-22(20)14-15)16-7-9-18(10-8-16)23-17-5-3-2-4-6-17/h2-10,13-14H,11-12H2,1H3. The molecule has 0 aromatic heterocycles. The summed E-state index contributed by atoms with van der Waals surface area (Å²) in [6.45, 7) is 3.14. The van der Waals surface area contributed by atoms with Crippen molar-refractivity contribution in [2.24, 2.45) is 4.40 Å². The zero-order chi connectivity index (χ0) is 16.4. The van der Waals surface area contributed by atoms with Crippen LogP contribution < -0.4 is 4.74 Å². The predicted molar refractivity (Wildman–Crippen MR) is 101 cm³/mol. The van der Waals surface area contributed by atoms with Gasteiger partial charge in [-0.2, -0.15) is 4.40 Å². The molecule has 0 amide bonds. The SMILES string of the molecule is CC1=CN2CCSN=C2C(c2ccc(Oc3ccccc3)cc2)=C1. The summed E-state index contributed by atoms with van der Waals surface area (Å²) in [6.07, 6.45) is 4.38. The zero-order valence-electron chi connectivity index (χ0n) is 13.5. The second kappa shape index (κ2) is 6.57. The Hall–Kier alpha value is -2.46. The van der Waals surface area contributed by atoms with E-state index < -0.39 is 0 Å². The molecule has 4 heteroatoms. The van der Waals surface area contributed by atoms with Crippen LogP contribution in [0.4, 0.5) is 0 Å². The fraction of sp³-hybridized carbons (Fsp3) is 0.150. The molecule has 120 valence electrons.